The van der Waals surface area contributed by atoms with Gasteiger partial charge in [0.15, 0.2) is 0 Å². The van der Waals surface area contributed by atoms with Crippen LogP contribution in [0.1, 0.15) is 32.1 Å². The smallest absolute Gasteiger partial charge is 0.149 e. The number of ether oxygens (including phenoxy) is 1. The summed E-state index contributed by atoms with van der Waals surface area (Å²) >= 11 is 0. The Hall–Kier alpha value is -0.410. The van der Waals surface area contributed by atoms with E-state index in [-0.39, 0.29) is 6.04 Å². The summed E-state index contributed by atoms with van der Waals surface area (Å²) in [6, 6.07) is 0.237. The second-order valence-electron chi connectivity index (χ2n) is 4.83. The van der Waals surface area contributed by atoms with Gasteiger partial charge in [-0.2, -0.15) is 0 Å². The summed E-state index contributed by atoms with van der Waals surface area (Å²) in [6.45, 7) is 2.99. The molecule has 3 nitrogen and oxygen atoms in total. The maximum absolute atomic E-state index is 11.8. The third-order valence-electron chi connectivity index (χ3n) is 3.68. The predicted octanol–water partition coefficient (Wildman–Crippen LogP) is 1.47. The minimum Gasteiger partial charge on any atom is -0.384 e. The van der Waals surface area contributed by atoms with Crippen molar-refractivity contribution < 1.29 is 9.53 Å². The van der Waals surface area contributed by atoms with Crippen molar-refractivity contribution in [3.8, 4) is 0 Å². The first-order valence-corrected chi connectivity index (χ1v) is 6.07. The normalized spacial score (nSPS) is 33.5. The summed E-state index contributed by atoms with van der Waals surface area (Å²) < 4.78 is 5.18. The van der Waals surface area contributed by atoms with E-state index in [0.717, 1.165) is 39.0 Å². The molecule has 0 aromatic carbocycles. The number of methoxy groups -OCH3 is 1. The summed E-state index contributed by atoms with van der Waals surface area (Å²) in [7, 11) is 1.76. The van der Waals surface area contributed by atoms with Crippen LogP contribution in [0.15, 0.2) is 0 Å². The Morgan fingerprint density at radius 1 is 1.40 bits per heavy atom. The second kappa shape index (κ2) is 5.08. The molecule has 2 unspecified atom stereocenters. The molecule has 1 saturated carbocycles. The lowest BCUT2D eigenvalue weighted by atomic mass is 9.93. The molecular formula is C12H21NO2. The molecule has 0 radical (unpaired) electrons. The van der Waals surface area contributed by atoms with E-state index in [1.54, 1.807) is 7.11 Å². The number of carbonyl (C=O) groups excluding carboxylic acids is 1. The quantitative estimate of drug-likeness (QED) is 0.708. The highest BCUT2D eigenvalue weighted by Gasteiger charge is 2.33. The SMILES string of the molecule is COCC1CCN(C2CCCCC2=O)C1. The minimum absolute atomic E-state index is 0.237. The minimum atomic E-state index is 0.237. The number of rotatable bonds is 3. The summed E-state index contributed by atoms with van der Waals surface area (Å²) in [4.78, 5) is 14.2. The molecule has 0 bridgehead atoms. The number of carbonyl (C=O) groups is 1. The number of hydrogen-bond acceptors (Lipinski definition) is 3. The molecule has 1 saturated heterocycles. The molecular weight excluding hydrogens is 190 g/mol. The lowest BCUT2D eigenvalue weighted by Gasteiger charge is -2.29. The molecule has 2 fully saturated rings. The van der Waals surface area contributed by atoms with Gasteiger partial charge in [-0.3, -0.25) is 9.69 Å². The first-order chi connectivity index (χ1) is 7.31. The molecule has 3 heteroatoms. The van der Waals surface area contributed by atoms with Crippen LogP contribution in [0.25, 0.3) is 0 Å². The maximum atomic E-state index is 11.8. The van der Waals surface area contributed by atoms with Gasteiger partial charge in [-0.05, 0) is 31.7 Å². The van der Waals surface area contributed by atoms with Crippen LogP contribution < -0.4 is 0 Å². The summed E-state index contributed by atoms with van der Waals surface area (Å²) in [5.41, 5.74) is 0. The van der Waals surface area contributed by atoms with Crippen LogP contribution in [0.5, 0.6) is 0 Å². The molecule has 1 aliphatic carbocycles. The zero-order valence-corrected chi connectivity index (χ0v) is 9.58. The van der Waals surface area contributed by atoms with Crippen LogP contribution in [0.3, 0.4) is 0 Å². The van der Waals surface area contributed by atoms with E-state index in [1.165, 1.54) is 12.8 Å². The molecule has 0 spiro atoms. The van der Waals surface area contributed by atoms with Gasteiger partial charge in [0.25, 0.3) is 0 Å². The van der Waals surface area contributed by atoms with Crippen molar-refractivity contribution in [2.45, 2.75) is 38.1 Å². The second-order valence-corrected chi connectivity index (χ2v) is 4.83. The van der Waals surface area contributed by atoms with Crippen LogP contribution in [-0.2, 0) is 9.53 Å². The fraction of sp³-hybridized carbons (Fsp3) is 0.917. The van der Waals surface area contributed by atoms with Crippen LogP contribution >= 0.6 is 0 Å². The van der Waals surface area contributed by atoms with Gasteiger partial charge in [-0.1, -0.05) is 6.42 Å². The predicted molar refractivity (Wildman–Crippen MR) is 58.8 cm³/mol. The molecule has 1 aliphatic heterocycles. The fourth-order valence-corrected chi connectivity index (χ4v) is 2.87. The van der Waals surface area contributed by atoms with Gasteiger partial charge in [-0.25, -0.2) is 0 Å². The third kappa shape index (κ3) is 2.58. The molecule has 2 aliphatic rings. The molecule has 0 N–H and O–H groups in total. The first-order valence-electron chi connectivity index (χ1n) is 6.07. The number of hydrogen-bond donors (Lipinski definition) is 0. The van der Waals surface area contributed by atoms with E-state index in [1.807, 2.05) is 0 Å². The topological polar surface area (TPSA) is 29.5 Å². The van der Waals surface area contributed by atoms with Crippen LogP contribution in [0, 0.1) is 5.92 Å². The highest BCUT2D eigenvalue weighted by atomic mass is 16.5. The monoisotopic (exact) mass is 211 g/mol. The fourth-order valence-electron chi connectivity index (χ4n) is 2.87. The molecule has 0 aromatic rings. The van der Waals surface area contributed by atoms with E-state index in [9.17, 15) is 4.79 Å². The third-order valence-corrected chi connectivity index (χ3v) is 3.68. The van der Waals surface area contributed by atoms with E-state index in [2.05, 4.69) is 4.90 Å². The molecule has 0 amide bonds. The molecule has 86 valence electrons. The zero-order chi connectivity index (χ0) is 10.7. The lowest BCUT2D eigenvalue weighted by Crippen LogP contribution is -2.41. The van der Waals surface area contributed by atoms with Gasteiger partial charge in [0.1, 0.15) is 5.78 Å². The van der Waals surface area contributed by atoms with Crippen molar-refractivity contribution in [1.29, 1.82) is 0 Å². The molecule has 15 heavy (non-hydrogen) atoms. The molecule has 1 heterocycles. The Morgan fingerprint density at radius 2 is 2.27 bits per heavy atom. The number of Topliss-reactive ketones (excluding diaryl/α,β-unsaturated/α-hetero) is 1. The Morgan fingerprint density at radius 3 is 3.00 bits per heavy atom. The van der Waals surface area contributed by atoms with Crippen molar-refractivity contribution in [3.05, 3.63) is 0 Å². The van der Waals surface area contributed by atoms with Crippen LogP contribution in [-0.4, -0.2) is 43.5 Å². The standard InChI is InChI=1S/C12H21NO2/c1-15-9-10-6-7-13(8-10)11-4-2-3-5-12(11)14/h10-11H,2-9H2,1H3. The Labute approximate surface area is 91.8 Å². The highest BCUT2D eigenvalue weighted by molar-refractivity contribution is 5.84. The van der Waals surface area contributed by atoms with Crippen molar-refractivity contribution in [2.24, 2.45) is 5.92 Å². The lowest BCUT2D eigenvalue weighted by molar-refractivity contribution is -0.125. The van der Waals surface area contributed by atoms with Gasteiger partial charge in [0.05, 0.1) is 12.6 Å². The Balaban J connectivity index is 1.86. The maximum Gasteiger partial charge on any atom is 0.149 e. The summed E-state index contributed by atoms with van der Waals surface area (Å²) in [6.07, 6.45) is 5.40. The highest BCUT2D eigenvalue weighted by Crippen LogP contribution is 2.25. The average Bonchev–Trinajstić information content (AvgIpc) is 2.68. The van der Waals surface area contributed by atoms with Crippen LogP contribution in [0.2, 0.25) is 0 Å². The zero-order valence-electron chi connectivity index (χ0n) is 9.58. The Kier molecular flexibility index (Phi) is 3.76. The van der Waals surface area contributed by atoms with Gasteiger partial charge in [0.2, 0.25) is 0 Å². The van der Waals surface area contributed by atoms with E-state index >= 15 is 0 Å². The Bertz CT molecular complexity index is 230. The summed E-state index contributed by atoms with van der Waals surface area (Å²) in [5.74, 6) is 1.11. The van der Waals surface area contributed by atoms with Gasteiger partial charge in [-0.15, -0.1) is 0 Å². The summed E-state index contributed by atoms with van der Waals surface area (Å²) in [5, 5.41) is 0. The molecule has 0 aromatic heterocycles. The van der Waals surface area contributed by atoms with Crippen molar-refractivity contribution in [3.63, 3.8) is 0 Å². The van der Waals surface area contributed by atoms with Gasteiger partial charge >= 0.3 is 0 Å². The van der Waals surface area contributed by atoms with Gasteiger partial charge < -0.3 is 4.74 Å². The van der Waals surface area contributed by atoms with E-state index in [0.29, 0.717) is 11.7 Å². The number of ketones is 1. The molecule has 2 atom stereocenters. The van der Waals surface area contributed by atoms with E-state index < -0.39 is 0 Å². The molecule has 2 rings (SSSR count). The van der Waals surface area contributed by atoms with Gasteiger partial charge in [0, 0.05) is 20.1 Å². The number of nitrogens with zero attached hydrogens (tertiary/aromatic N) is 1. The first kappa shape index (κ1) is 11.1. The average molecular weight is 211 g/mol. The number of likely N-dealkylation sites (tertiary alicyclic amines) is 1. The van der Waals surface area contributed by atoms with Crippen molar-refractivity contribution in [2.75, 3.05) is 26.8 Å². The van der Waals surface area contributed by atoms with E-state index in [4.69, 9.17) is 4.74 Å². The largest absolute Gasteiger partial charge is 0.384 e. The van der Waals surface area contributed by atoms with Crippen molar-refractivity contribution >= 4 is 5.78 Å². The van der Waals surface area contributed by atoms with Crippen LogP contribution in [0.4, 0.5) is 0 Å². The van der Waals surface area contributed by atoms with Crippen molar-refractivity contribution in [1.82, 2.24) is 4.90 Å².